The summed E-state index contributed by atoms with van der Waals surface area (Å²) in [4.78, 5) is 0. The minimum atomic E-state index is -0.247. The molecule has 0 bridgehead atoms. The maximum absolute atomic E-state index is 9.44. The third-order valence-corrected chi connectivity index (χ3v) is 4.72. The van der Waals surface area contributed by atoms with Crippen LogP contribution in [0, 0.1) is 19.8 Å². The Morgan fingerprint density at radius 1 is 1.25 bits per heavy atom. The van der Waals surface area contributed by atoms with Crippen LogP contribution in [-0.4, -0.2) is 27.5 Å². The first-order valence-electron chi connectivity index (χ1n) is 8.53. The first kappa shape index (κ1) is 19.0. The molecule has 0 amide bonds. The van der Waals surface area contributed by atoms with Crippen molar-refractivity contribution in [2.45, 2.75) is 53.3 Å². The van der Waals surface area contributed by atoms with Gasteiger partial charge in [-0.2, -0.15) is 5.10 Å². The fraction of sp³-hybridized carbons (Fsp3) is 0.526. The van der Waals surface area contributed by atoms with Gasteiger partial charge in [0.2, 0.25) is 0 Å². The van der Waals surface area contributed by atoms with Crippen LogP contribution in [0.2, 0.25) is 5.02 Å². The largest absolute Gasteiger partial charge is 0.393 e. The molecule has 0 saturated carbocycles. The molecule has 1 aromatic heterocycles. The normalized spacial score (nSPS) is 13.9. The minimum absolute atomic E-state index is 0.247. The molecule has 2 aromatic rings. The smallest absolute Gasteiger partial charge is 0.0677 e. The highest BCUT2D eigenvalue weighted by atomic mass is 35.5. The number of nitrogens with zero attached hydrogens (tertiary/aromatic N) is 2. The summed E-state index contributed by atoms with van der Waals surface area (Å²) in [6.07, 6.45) is 0.570. The summed E-state index contributed by atoms with van der Waals surface area (Å²) in [5.41, 5.74) is 4.54. The highest BCUT2D eigenvalue weighted by Crippen LogP contribution is 2.19. The molecule has 1 aromatic carbocycles. The molecule has 0 radical (unpaired) electrons. The SMILES string of the molecule is Cc1nn(Cc2ccccc2Cl)c(C)c1CNCC(C)CC(C)O. The van der Waals surface area contributed by atoms with E-state index < -0.39 is 0 Å². The standard InChI is InChI=1S/C19H28ClN3O/c1-13(9-14(2)24)10-21-11-18-15(3)22-23(16(18)4)12-17-7-5-6-8-19(17)20/h5-8,13-14,21,24H,9-12H2,1-4H3. The Morgan fingerprint density at radius 3 is 2.62 bits per heavy atom. The van der Waals surface area contributed by atoms with Crippen molar-refractivity contribution in [3.63, 3.8) is 0 Å². The zero-order valence-electron chi connectivity index (χ0n) is 15.0. The van der Waals surface area contributed by atoms with Crippen molar-refractivity contribution in [3.05, 3.63) is 51.8 Å². The maximum atomic E-state index is 9.44. The highest BCUT2D eigenvalue weighted by Gasteiger charge is 2.13. The van der Waals surface area contributed by atoms with Gasteiger partial charge in [-0.25, -0.2) is 0 Å². The van der Waals surface area contributed by atoms with Crippen molar-refractivity contribution in [3.8, 4) is 0 Å². The van der Waals surface area contributed by atoms with Gasteiger partial charge in [0, 0.05) is 22.8 Å². The van der Waals surface area contributed by atoms with E-state index in [1.54, 1.807) is 0 Å². The van der Waals surface area contributed by atoms with Gasteiger partial charge in [-0.05, 0) is 51.3 Å². The molecule has 2 rings (SSSR count). The minimum Gasteiger partial charge on any atom is -0.393 e. The molecule has 4 nitrogen and oxygen atoms in total. The van der Waals surface area contributed by atoms with Crippen molar-refractivity contribution in [2.75, 3.05) is 6.54 Å². The average molecular weight is 350 g/mol. The quantitative estimate of drug-likeness (QED) is 0.764. The Kier molecular flexibility index (Phi) is 6.84. The molecular formula is C19H28ClN3O. The number of nitrogens with one attached hydrogen (secondary N) is 1. The van der Waals surface area contributed by atoms with E-state index in [4.69, 9.17) is 11.6 Å². The highest BCUT2D eigenvalue weighted by molar-refractivity contribution is 6.31. The summed E-state index contributed by atoms with van der Waals surface area (Å²) in [5.74, 6) is 0.448. The number of hydrogen-bond acceptors (Lipinski definition) is 3. The van der Waals surface area contributed by atoms with Crippen molar-refractivity contribution >= 4 is 11.6 Å². The second kappa shape index (κ2) is 8.65. The van der Waals surface area contributed by atoms with Crippen molar-refractivity contribution < 1.29 is 5.11 Å². The van der Waals surface area contributed by atoms with E-state index in [-0.39, 0.29) is 6.10 Å². The Morgan fingerprint density at radius 2 is 1.96 bits per heavy atom. The van der Waals surface area contributed by atoms with Gasteiger partial charge in [-0.1, -0.05) is 36.7 Å². The molecule has 2 unspecified atom stereocenters. The second-order valence-electron chi connectivity index (χ2n) is 6.72. The summed E-state index contributed by atoms with van der Waals surface area (Å²) in [5, 5.41) is 18.4. The van der Waals surface area contributed by atoms with E-state index in [0.717, 1.165) is 35.8 Å². The van der Waals surface area contributed by atoms with Gasteiger partial charge in [0.1, 0.15) is 0 Å². The van der Waals surface area contributed by atoms with E-state index in [1.165, 1.54) is 11.3 Å². The number of aryl methyl sites for hydroxylation is 1. The molecule has 0 aliphatic heterocycles. The number of hydrogen-bond donors (Lipinski definition) is 2. The van der Waals surface area contributed by atoms with Crippen LogP contribution >= 0.6 is 11.6 Å². The van der Waals surface area contributed by atoms with Gasteiger partial charge >= 0.3 is 0 Å². The lowest BCUT2D eigenvalue weighted by atomic mass is 10.0. The number of benzene rings is 1. The van der Waals surface area contributed by atoms with Crippen molar-refractivity contribution in [1.82, 2.24) is 15.1 Å². The molecule has 2 atom stereocenters. The van der Waals surface area contributed by atoms with Crippen molar-refractivity contribution in [2.24, 2.45) is 5.92 Å². The summed E-state index contributed by atoms with van der Waals surface area (Å²) < 4.78 is 2.02. The van der Waals surface area contributed by atoms with Gasteiger partial charge in [0.25, 0.3) is 0 Å². The molecule has 24 heavy (non-hydrogen) atoms. The van der Waals surface area contributed by atoms with E-state index in [0.29, 0.717) is 12.5 Å². The maximum Gasteiger partial charge on any atom is 0.0677 e. The van der Waals surface area contributed by atoms with Crippen LogP contribution in [0.25, 0.3) is 0 Å². The molecule has 2 N–H and O–H groups in total. The van der Waals surface area contributed by atoms with Crippen LogP contribution in [0.5, 0.6) is 0 Å². The Hall–Kier alpha value is -1.36. The number of aromatic nitrogens is 2. The molecule has 0 aliphatic rings. The number of rotatable bonds is 8. The Bertz CT molecular complexity index is 667. The molecule has 1 heterocycles. The molecule has 132 valence electrons. The molecule has 0 fully saturated rings. The molecule has 0 aliphatic carbocycles. The monoisotopic (exact) mass is 349 g/mol. The topological polar surface area (TPSA) is 50.1 Å². The summed E-state index contributed by atoms with van der Waals surface area (Å²) in [7, 11) is 0. The van der Waals surface area contributed by atoms with E-state index >= 15 is 0 Å². The zero-order valence-corrected chi connectivity index (χ0v) is 15.8. The molecule has 0 spiro atoms. The van der Waals surface area contributed by atoms with Crippen LogP contribution in [0.15, 0.2) is 24.3 Å². The van der Waals surface area contributed by atoms with Gasteiger partial charge in [0.15, 0.2) is 0 Å². The lowest BCUT2D eigenvalue weighted by Gasteiger charge is -2.14. The lowest BCUT2D eigenvalue weighted by molar-refractivity contribution is 0.163. The molecule has 5 heteroatoms. The first-order valence-corrected chi connectivity index (χ1v) is 8.91. The summed E-state index contributed by atoms with van der Waals surface area (Å²) >= 11 is 6.26. The fourth-order valence-corrected chi connectivity index (χ4v) is 3.24. The van der Waals surface area contributed by atoms with Gasteiger partial charge in [-0.3, -0.25) is 4.68 Å². The van der Waals surface area contributed by atoms with Crippen LogP contribution in [0.3, 0.4) is 0 Å². The van der Waals surface area contributed by atoms with Crippen molar-refractivity contribution in [1.29, 1.82) is 0 Å². The van der Waals surface area contributed by atoms with Crippen LogP contribution < -0.4 is 5.32 Å². The average Bonchev–Trinajstić information content (AvgIpc) is 2.76. The predicted molar refractivity (Wildman–Crippen MR) is 99.4 cm³/mol. The Balaban J connectivity index is 2.00. The summed E-state index contributed by atoms with van der Waals surface area (Å²) in [6.45, 7) is 10.5. The number of halogens is 1. The van der Waals surface area contributed by atoms with Gasteiger partial charge < -0.3 is 10.4 Å². The predicted octanol–water partition coefficient (Wildman–Crippen LogP) is 3.70. The van der Waals surface area contributed by atoms with Crippen LogP contribution in [0.4, 0.5) is 0 Å². The van der Waals surface area contributed by atoms with E-state index in [9.17, 15) is 5.11 Å². The van der Waals surface area contributed by atoms with Crippen LogP contribution in [-0.2, 0) is 13.1 Å². The van der Waals surface area contributed by atoms with Gasteiger partial charge in [0.05, 0.1) is 18.3 Å². The zero-order chi connectivity index (χ0) is 17.7. The Labute approximate surface area is 149 Å². The van der Waals surface area contributed by atoms with Gasteiger partial charge in [-0.15, -0.1) is 0 Å². The van der Waals surface area contributed by atoms with Crippen LogP contribution in [0.1, 0.15) is 42.8 Å². The molecule has 0 saturated heterocycles. The lowest BCUT2D eigenvalue weighted by Crippen LogP contribution is -2.23. The number of aliphatic hydroxyl groups is 1. The first-order chi connectivity index (χ1) is 11.4. The third kappa shape index (κ3) is 5.07. The van der Waals surface area contributed by atoms with E-state index in [1.807, 2.05) is 42.8 Å². The second-order valence-corrected chi connectivity index (χ2v) is 7.13. The van der Waals surface area contributed by atoms with E-state index in [2.05, 4.69) is 24.3 Å². The number of aliphatic hydroxyl groups excluding tert-OH is 1. The molecular weight excluding hydrogens is 322 g/mol. The third-order valence-electron chi connectivity index (χ3n) is 4.35. The summed E-state index contributed by atoms with van der Waals surface area (Å²) in [6, 6.07) is 7.89. The fourth-order valence-electron chi connectivity index (χ4n) is 3.04.